The van der Waals surface area contributed by atoms with Crippen LogP contribution < -0.4 is 0 Å². The number of rotatable bonds is 0. The third-order valence-electron chi connectivity index (χ3n) is 1.57. The van der Waals surface area contributed by atoms with Gasteiger partial charge in [-0.2, -0.15) is 0 Å². The summed E-state index contributed by atoms with van der Waals surface area (Å²) >= 11 is 0. The van der Waals surface area contributed by atoms with Crippen molar-refractivity contribution in [1.82, 2.24) is 0 Å². The molecule has 1 aromatic rings. The Morgan fingerprint density at radius 3 is 2.57 bits per heavy atom. The Balaban J connectivity index is 3.19. The Labute approximate surface area is 82.7 Å². The molecule has 0 N–H and O–H groups in total. The molecule has 0 fully saturated rings. The van der Waals surface area contributed by atoms with E-state index >= 15 is 0 Å². The zero-order valence-electron chi connectivity index (χ0n) is 7.83. The van der Waals surface area contributed by atoms with Crippen LogP contribution in [0.5, 0.6) is 0 Å². The van der Waals surface area contributed by atoms with E-state index in [0.717, 1.165) is 11.8 Å². The maximum Gasteiger partial charge on any atom is 0.214 e. The molecule has 1 rings (SSSR count). The summed E-state index contributed by atoms with van der Waals surface area (Å²) in [5, 5.41) is 2.06. The summed E-state index contributed by atoms with van der Waals surface area (Å²) in [7, 11) is -3.34. The van der Waals surface area contributed by atoms with Gasteiger partial charge in [0.05, 0.1) is 6.26 Å². The van der Waals surface area contributed by atoms with E-state index in [4.69, 9.17) is 0 Å². The molecule has 0 heterocycles. The molecule has 0 saturated heterocycles. The van der Waals surface area contributed by atoms with Crippen LogP contribution in [0.15, 0.2) is 18.2 Å². The van der Waals surface area contributed by atoms with Crippen molar-refractivity contribution >= 4 is 9.84 Å². The van der Waals surface area contributed by atoms with Crippen molar-refractivity contribution < 1.29 is 12.8 Å². The maximum absolute atomic E-state index is 12.7. The molecule has 0 saturated carbocycles. The van der Waals surface area contributed by atoms with Crippen LogP contribution in [0.4, 0.5) is 4.39 Å². The third-order valence-corrected chi connectivity index (χ3v) is 2.04. The average molecular weight is 212 g/mol. The highest BCUT2D eigenvalue weighted by Gasteiger charge is 1.98. The van der Waals surface area contributed by atoms with Gasteiger partial charge >= 0.3 is 0 Å². The van der Waals surface area contributed by atoms with Gasteiger partial charge in [-0.05, 0) is 30.5 Å². The first-order chi connectivity index (χ1) is 6.38. The van der Waals surface area contributed by atoms with Crippen molar-refractivity contribution in [2.75, 3.05) is 6.26 Å². The second-order valence-corrected chi connectivity index (χ2v) is 4.71. The van der Waals surface area contributed by atoms with Gasteiger partial charge in [0.15, 0.2) is 0 Å². The highest BCUT2D eigenvalue weighted by atomic mass is 32.2. The Morgan fingerprint density at radius 2 is 2.00 bits per heavy atom. The van der Waals surface area contributed by atoms with Gasteiger partial charge < -0.3 is 0 Å². The number of hydrogen-bond acceptors (Lipinski definition) is 2. The quantitative estimate of drug-likeness (QED) is 0.610. The van der Waals surface area contributed by atoms with Crippen molar-refractivity contribution in [2.45, 2.75) is 6.92 Å². The van der Waals surface area contributed by atoms with Crippen molar-refractivity contribution in [2.24, 2.45) is 0 Å². The molecule has 0 aliphatic heterocycles. The van der Waals surface area contributed by atoms with Gasteiger partial charge in [0.25, 0.3) is 0 Å². The zero-order valence-corrected chi connectivity index (χ0v) is 8.65. The van der Waals surface area contributed by atoms with E-state index in [2.05, 4.69) is 11.2 Å². The highest BCUT2D eigenvalue weighted by Crippen LogP contribution is 2.08. The van der Waals surface area contributed by atoms with Gasteiger partial charge in [-0.3, -0.25) is 0 Å². The smallest absolute Gasteiger partial charge is 0.214 e. The topological polar surface area (TPSA) is 34.1 Å². The Kier molecular flexibility index (Phi) is 2.92. The van der Waals surface area contributed by atoms with Crippen molar-refractivity contribution in [1.29, 1.82) is 0 Å². The summed E-state index contributed by atoms with van der Waals surface area (Å²) in [4.78, 5) is 0. The fourth-order valence-corrected chi connectivity index (χ4v) is 1.17. The van der Waals surface area contributed by atoms with Crippen LogP contribution in [0.25, 0.3) is 0 Å². The zero-order chi connectivity index (χ0) is 10.8. The van der Waals surface area contributed by atoms with Crippen LogP contribution in [0, 0.1) is 23.9 Å². The maximum atomic E-state index is 12.7. The van der Waals surface area contributed by atoms with Gasteiger partial charge in [-0.25, -0.2) is 12.8 Å². The standard InChI is InChI=1S/C10H9FO2S/c1-8-3-4-10(11)7-9(8)5-6-14(2,12)13/h3-4,7H,1-2H3. The van der Waals surface area contributed by atoms with E-state index in [1.54, 1.807) is 13.0 Å². The minimum atomic E-state index is -3.34. The second kappa shape index (κ2) is 3.81. The lowest BCUT2D eigenvalue weighted by molar-refractivity contribution is 0.611. The highest BCUT2D eigenvalue weighted by molar-refractivity contribution is 7.95. The number of aryl methyl sites for hydroxylation is 1. The molecule has 1 aromatic carbocycles. The van der Waals surface area contributed by atoms with Crippen LogP contribution in [0.1, 0.15) is 11.1 Å². The SMILES string of the molecule is Cc1ccc(F)cc1C#CS(C)(=O)=O. The van der Waals surface area contributed by atoms with Gasteiger partial charge in [0.1, 0.15) is 5.82 Å². The predicted octanol–water partition coefficient (Wildman–Crippen LogP) is 1.49. The van der Waals surface area contributed by atoms with Crippen LogP contribution in [-0.2, 0) is 9.84 Å². The fraction of sp³-hybridized carbons (Fsp3) is 0.200. The fourth-order valence-electron chi connectivity index (χ4n) is 0.877. The average Bonchev–Trinajstić information content (AvgIpc) is 2.05. The van der Waals surface area contributed by atoms with Crippen LogP contribution >= 0.6 is 0 Å². The number of halogens is 1. The largest absolute Gasteiger partial charge is 0.216 e. The van der Waals surface area contributed by atoms with Crippen molar-refractivity contribution in [3.63, 3.8) is 0 Å². The molecule has 2 nitrogen and oxygen atoms in total. The second-order valence-electron chi connectivity index (χ2n) is 2.96. The van der Waals surface area contributed by atoms with Crippen molar-refractivity contribution in [3.8, 4) is 11.2 Å². The van der Waals surface area contributed by atoms with E-state index in [0.29, 0.717) is 5.56 Å². The predicted molar refractivity (Wildman–Crippen MR) is 52.9 cm³/mol. The van der Waals surface area contributed by atoms with E-state index < -0.39 is 15.7 Å². The molecule has 0 aromatic heterocycles. The molecule has 0 spiro atoms. The number of benzene rings is 1. The first kappa shape index (κ1) is 10.7. The van der Waals surface area contributed by atoms with Crippen LogP contribution in [0.3, 0.4) is 0 Å². The van der Waals surface area contributed by atoms with E-state index in [1.165, 1.54) is 12.1 Å². The normalized spacial score (nSPS) is 10.5. The molecule has 0 aliphatic carbocycles. The molecular weight excluding hydrogens is 203 g/mol. The molecular formula is C10H9FO2S. The van der Waals surface area contributed by atoms with E-state index in [9.17, 15) is 12.8 Å². The summed E-state index contributed by atoms with van der Waals surface area (Å²) in [5.41, 5.74) is 1.15. The molecule has 0 radical (unpaired) electrons. The first-order valence-electron chi connectivity index (χ1n) is 3.87. The van der Waals surface area contributed by atoms with Gasteiger partial charge in [-0.15, -0.1) is 0 Å². The summed E-state index contributed by atoms with van der Waals surface area (Å²) in [5.74, 6) is 1.99. The molecule has 0 aliphatic rings. The third kappa shape index (κ3) is 3.19. The monoisotopic (exact) mass is 212 g/mol. The number of sulfone groups is 1. The number of hydrogen-bond donors (Lipinski definition) is 0. The summed E-state index contributed by atoms with van der Waals surface area (Å²) in [6.45, 7) is 1.74. The first-order valence-corrected chi connectivity index (χ1v) is 5.76. The lowest BCUT2D eigenvalue weighted by Gasteiger charge is -1.96. The Morgan fingerprint density at radius 1 is 1.36 bits per heavy atom. The summed E-state index contributed by atoms with van der Waals surface area (Å²) < 4.78 is 34.2. The van der Waals surface area contributed by atoms with E-state index in [-0.39, 0.29) is 0 Å². The van der Waals surface area contributed by atoms with Crippen LogP contribution in [-0.4, -0.2) is 14.7 Å². The van der Waals surface area contributed by atoms with Crippen molar-refractivity contribution in [3.05, 3.63) is 35.1 Å². The lowest BCUT2D eigenvalue weighted by Crippen LogP contribution is -1.90. The van der Waals surface area contributed by atoms with Gasteiger partial charge in [-0.1, -0.05) is 6.07 Å². The molecule has 0 unspecified atom stereocenters. The molecule has 0 bridgehead atoms. The molecule has 0 amide bonds. The minimum absolute atomic E-state index is 0.399. The summed E-state index contributed by atoms with van der Waals surface area (Å²) in [6, 6.07) is 4.08. The van der Waals surface area contributed by atoms with E-state index in [1.807, 2.05) is 0 Å². The molecule has 4 heteroatoms. The molecule has 74 valence electrons. The van der Waals surface area contributed by atoms with Gasteiger partial charge in [0.2, 0.25) is 9.84 Å². The Bertz CT molecular complexity index is 507. The van der Waals surface area contributed by atoms with Gasteiger partial charge in [0, 0.05) is 10.8 Å². The Hall–Kier alpha value is -1.34. The lowest BCUT2D eigenvalue weighted by atomic mass is 10.1. The summed E-state index contributed by atoms with van der Waals surface area (Å²) in [6.07, 6.45) is 1.01. The minimum Gasteiger partial charge on any atom is -0.216 e. The van der Waals surface area contributed by atoms with Crippen LogP contribution in [0.2, 0.25) is 0 Å². The molecule has 14 heavy (non-hydrogen) atoms. The molecule has 0 atom stereocenters.